The molecule has 0 radical (unpaired) electrons. The van der Waals surface area contributed by atoms with Crippen molar-refractivity contribution in [3.63, 3.8) is 0 Å². The first-order chi connectivity index (χ1) is 11.2. The predicted octanol–water partition coefficient (Wildman–Crippen LogP) is 4.24. The number of para-hydroxylation sites is 1. The molecule has 0 atom stereocenters. The van der Waals surface area contributed by atoms with Gasteiger partial charge in [0.15, 0.2) is 0 Å². The summed E-state index contributed by atoms with van der Waals surface area (Å²) in [5, 5.41) is 1.41. The average Bonchev–Trinajstić information content (AvgIpc) is 2.57. The minimum Gasteiger partial charge on any atom is -0.422 e. The van der Waals surface area contributed by atoms with E-state index in [9.17, 15) is 4.79 Å². The molecule has 0 aliphatic carbocycles. The van der Waals surface area contributed by atoms with E-state index in [4.69, 9.17) is 9.40 Å². The van der Waals surface area contributed by atoms with Gasteiger partial charge in [0.05, 0.1) is 10.9 Å². The standard InChI is InChI=1S/C20H15NO2/c1-13-15(11-14-7-3-2-4-8-14)12-17-19(21-13)16-9-5-6-10-18(16)23-20(17)22/h2-10,12H,11H2,1H3. The Labute approximate surface area is 133 Å². The molecule has 0 amide bonds. The highest BCUT2D eigenvalue weighted by molar-refractivity contribution is 6.01. The fourth-order valence-electron chi connectivity index (χ4n) is 2.91. The monoisotopic (exact) mass is 301 g/mol. The van der Waals surface area contributed by atoms with Crippen LogP contribution in [-0.4, -0.2) is 4.98 Å². The lowest BCUT2D eigenvalue weighted by atomic mass is 10.0. The quantitative estimate of drug-likeness (QED) is 0.411. The molecule has 0 fully saturated rings. The van der Waals surface area contributed by atoms with Gasteiger partial charge < -0.3 is 4.42 Å². The van der Waals surface area contributed by atoms with Gasteiger partial charge >= 0.3 is 5.63 Å². The van der Waals surface area contributed by atoms with Crippen molar-refractivity contribution in [3.8, 4) is 0 Å². The molecule has 112 valence electrons. The van der Waals surface area contributed by atoms with Gasteiger partial charge in [-0.1, -0.05) is 42.5 Å². The van der Waals surface area contributed by atoms with Crippen LogP contribution in [-0.2, 0) is 6.42 Å². The summed E-state index contributed by atoms with van der Waals surface area (Å²) in [5.74, 6) is 0. The first-order valence-electron chi connectivity index (χ1n) is 7.58. The Kier molecular flexibility index (Phi) is 3.19. The second-order valence-corrected chi connectivity index (χ2v) is 5.68. The number of nitrogens with zero attached hydrogens (tertiary/aromatic N) is 1. The second kappa shape index (κ2) is 5.36. The molecule has 0 aliphatic rings. The third-order valence-electron chi connectivity index (χ3n) is 4.12. The molecule has 3 heteroatoms. The molecule has 2 aromatic carbocycles. The van der Waals surface area contributed by atoms with Crippen LogP contribution in [0.3, 0.4) is 0 Å². The zero-order valence-corrected chi connectivity index (χ0v) is 12.7. The molecule has 0 bridgehead atoms. The molecule has 0 saturated carbocycles. The molecular formula is C20H15NO2. The molecule has 0 aliphatic heterocycles. The number of rotatable bonds is 2. The van der Waals surface area contributed by atoms with E-state index in [0.717, 1.165) is 23.1 Å². The van der Waals surface area contributed by atoms with Gasteiger partial charge in [0.2, 0.25) is 0 Å². The summed E-state index contributed by atoms with van der Waals surface area (Å²) < 4.78 is 5.42. The SMILES string of the molecule is Cc1nc2c(cc1Cc1ccccc1)c(=O)oc1ccccc12. The maximum absolute atomic E-state index is 12.3. The van der Waals surface area contributed by atoms with Crippen molar-refractivity contribution in [2.75, 3.05) is 0 Å². The Morgan fingerprint density at radius 2 is 1.70 bits per heavy atom. The Balaban J connectivity index is 1.95. The van der Waals surface area contributed by atoms with E-state index in [2.05, 4.69) is 12.1 Å². The zero-order chi connectivity index (χ0) is 15.8. The molecule has 0 N–H and O–H groups in total. The number of aryl methyl sites for hydroxylation is 1. The molecule has 4 aromatic rings. The summed E-state index contributed by atoms with van der Waals surface area (Å²) in [7, 11) is 0. The van der Waals surface area contributed by atoms with Gasteiger partial charge in [-0.2, -0.15) is 0 Å². The lowest BCUT2D eigenvalue weighted by Gasteiger charge is -2.08. The van der Waals surface area contributed by atoms with Crippen LogP contribution in [0.1, 0.15) is 16.8 Å². The van der Waals surface area contributed by atoms with Gasteiger partial charge in [0, 0.05) is 11.1 Å². The highest BCUT2D eigenvalue weighted by Gasteiger charge is 2.11. The highest BCUT2D eigenvalue weighted by atomic mass is 16.4. The summed E-state index contributed by atoms with van der Waals surface area (Å²) in [6, 6.07) is 19.6. The van der Waals surface area contributed by atoms with Crippen LogP contribution in [0.2, 0.25) is 0 Å². The largest absolute Gasteiger partial charge is 0.422 e. The van der Waals surface area contributed by atoms with Gasteiger partial charge in [-0.15, -0.1) is 0 Å². The van der Waals surface area contributed by atoms with Crippen molar-refractivity contribution in [3.05, 3.63) is 87.9 Å². The van der Waals surface area contributed by atoms with E-state index in [-0.39, 0.29) is 5.63 Å². The number of hydrogen-bond donors (Lipinski definition) is 0. The van der Waals surface area contributed by atoms with Gasteiger partial charge in [0.25, 0.3) is 0 Å². The number of pyridine rings is 1. The summed E-state index contributed by atoms with van der Waals surface area (Å²) in [6.45, 7) is 1.99. The zero-order valence-electron chi connectivity index (χ0n) is 12.7. The number of benzene rings is 2. The molecule has 2 heterocycles. The van der Waals surface area contributed by atoms with E-state index in [1.54, 1.807) is 6.07 Å². The van der Waals surface area contributed by atoms with E-state index < -0.39 is 0 Å². The molecule has 2 aromatic heterocycles. The molecular weight excluding hydrogens is 286 g/mol. The van der Waals surface area contributed by atoms with Crippen LogP contribution >= 0.6 is 0 Å². The van der Waals surface area contributed by atoms with E-state index in [1.807, 2.05) is 49.4 Å². The Morgan fingerprint density at radius 1 is 0.957 bits per heavy atom. The van der Waals surface area contributed by atoms with Crippen molar-refractivity contribution >= 4 is 21.9 Å². The molecule has 23 heavy (non-hydrogen) atoms. The van der Waals surface area contributed by atoms with Crippen LogP contribution in [0.15, 0.2) is 69.9 Å². The predicted molar refractivity (Wildman–Crippen MR) is 91.8 cm³/mol. The van der Waals surface area contributed by atoms with Crippen molar-refractivity contribution < 1.29 is 4.42 Å². The fraction of sp³-hybridized carbons (Fsp3) is 0.100. The molecule has 0 unspecified atom stereocenters. The average molecular weight is 301 g/mol. The van der Waals surface area contributed by atoms with Crippen LogP contribution in [0.5, 0.6) is 0 Å². The second-order valence-electron chi connectivity index (χ2n) is 5.68. The van der Waals surface area contributed by atoms with E-state index >= 15 is 0 Å². The van der Waals surface area contributed by atoms with Crippen molar-refractivity contribution in [1.29, 1.82) is 0 Å². The van der Waals surface area contributed by atoms with Crippen LogP contribution < -0.4 is 5.63 Å². The molecule has 4 rings (SSSR count). The number of fused-ring (bicyclic) bond motifs is 3. The maximum Gasteiger partial charge on any atom is 0.345 e. The normalized spacial score (nSPS) is 11.2. The van der Waals surface area contributed by atoms with Crippen molar-refractivity contribution in [1.82, 2.24) is 4.98 Å². The molecule has 0 spiro atoms. The lowest BCUT2D eigenvalue weighted by Crippen LogP contribution is -2.04. The van der Waals surface area contributed by atoms with E-state index in [0.29, 0.717) is 16.5 Å². The smallest absolute Gasteiger partial charge is 0.345 e. The maximum atomic E-state index is 12.3. The fourth-order valence-corrected chi connectivity index (χ4v) is 2.91. The minimum absolute atomic E-state index is 0.333. The van der Waals surface area contributed by atoms with Gasteiger partial charge in [-0.05, 0) is 42.7 Å². The van der Waals surface area contributed by atoms with Gasteiger partial charge in [-0.3, -0.25) is 4.98 Å². The summed E-state index contributed by atoms with van der Waals surface area (Å²) in [4.78, 5) is 17.0. The first-order valence-corrected chi connectivity index (χ1v) is 7.58. The summed E-state index contributed by atoms with van der Waals surface area (Å²) >= 11 is 0. The number of hydrogen-bond acceptors (Lipinski definition) is 3. The van der Waals surface area contributed by atoms with Crippen LogP contribution in [0, 0.1) is 6.92 Å². The summed E-state index contributed by atoms with van der Waals surface area (Å²) in [5.41, 5.74) is 4.14. The Bertz CT molecular complexity index is 1070. The third-order valence-corrected chi connectivity index (χ3v) is 4.12. The van der Waals surface area contributed by atoms with E-state index in [1.165, 1.54) is 5.56 Å². The molecule has 0 saturated heterocycles. The minimum atomic E-state index is -0.333. The van der Waals surface area contributed by atoms with Crippen LogP contribution in [0.4, 0.5) is 0 Å². The Hall–Kier alpha value is -2.94. The Morgan fingerprint density at radius 3 is 2.52 bits per heavy atom. The highest BCUT2D eigenvalue weighted by Crippen LogP contribution is 2.24. The molecule has 3 nitrogen and oxygen atoms in total. The first kappa shape index (κ1) is 13.7. The van der Waals surface area contributed by atoms with Crippen molar-refractivity contribution in [2.45, 2.75) is 13.3 Å². The van der Waals surface area contributed by atoms with Crippen molar-refractivity contribution in [2.24, 2.45) is 0 Å². The van der Waals surface area contributed by atoms with Gasteiger partial charge in [0.1, 0.15) is 5.58 Å². The van der Waals surface area contributed by atoms with Gasteiger partial charge in [-0.25, -0.2) is 4.79 Å². The number of aromatic nitrogens is 1. The topological polar surface area (TPSA) is 43.1 Å². The van der Waals surface area contributed by atoms with Crippen LogP contribution in [0.25, 0.3) is 21.9 Å². The lowest BCUT2D eigenvalue weighted by molar-refractivity contribution is 0.569. The third kappa shape index (κ3) is 2.40. The summed E-state index contributed by atoms with van der Waals surface area (Å²) in [6.07, 6.45) is 0.752.